The summed E-state index contributed by atoms with van der Waals surface area (Å²) in [5.41, 5.74) is 0.371. The molecule has 0 aromatic carbocycles. The maximum absolute atomic E-state index is 10.8. The summed E-state index contributed by atoms with van der Waals surface area (Å²) in [6, 6.07) is 0. The van der Waals surface area contributed by atoms with E-state index in [-0.39, 0.29) is 0 Å². The Balaban J connectivity index is 2.84. The number of nitrogens with one attached hydrogen (secondary N) is 1. The van der Waals surface area contributed by atoms with E-state index in [0.29, 0.717) is 12.1 Å². The fraction of sp³-hybridized carbons (Fsp3) is 0.222. The first-order valence-corrected chi connectivity index (χ1v) is 4.02. The molecule has 68 valence electrons. The van der Waals surface area contributed by atoms with Crippen molar-refractivity contribution in [2.24, 2.45) is 7.05 Å². The zero-order valence-electron chi connectivity index (χ0n) is 7.24. The lowest BCUT2D eigenvalue weighted by Crippen LogP contribution is -2.36. The van der Waals surface area contributed by atoms with Gasteiger partial charge in [0.05, 0.1) is 10.9 Å². The van der Waals surface area contributed by atoms with Crippen LogP contribution in [0.4, 0.5) is 0 Å². The third-order valence-electron chi connectivity index (χ3n) is 2.16. The van der Waals surface area contributed by atoms with Crippen molar-refractivity contribution in [2.75, 3.05) is 6.54 Å². The number of fused-ring (bicyclic) bond motifs is 1. The highest BCUT2D eigenvalue weighted by atomic mass is 16.4. The van der Waals surface area contributed by atoms with Gasteiger partial charge in [0.1, 0.15) is 0 Å². The quantitative estimate of drug-likeness (QED) is 0.570. The van der Waals surface area contributed by atoms with E-state index in [9.17, 15) is 4.79 Å². The van der Waals surface area contributed by atoms with Gasteiger partial charge >= 0.3 is 5.97 Å². The molecule has 4 heteroatoms. The summed E-state index contributed by atoms with van der Waals surface area (Å²) in [4.78, 5) is 10.8. The average molecular weight is 178 g/mol. The topological polar surface area (TPSA) is 54.3 Å². The Hall–Kier alpha value is -1.71. The van der Waals surface area contributed by atoms with Crippen LogP contribution in [0, 0.1) is 0 Å². The maximum Gasteiger partial charge on any atom is 0.337 e. The SMILES string of the molecule is Cn1cc(C(=O)O)c2c1=CNCC=2. The van der Waals surface area contributed by atoms with Gasteiger partial charge in [0.25, 0.3) is 0 Å². The van der Waals surface area contributed by atoms with E-state index in [2.05, 4.69) is 5.32 Å². The van der Waals surface area contributed by atoms with E-state index in [1.807, 2.05) is 19.3 Å². The lowest BCUT2D eigenvalue weighted by Gasteiger charge is -2.00. The van der Waals surface area contributed by atoms with Gasteiger partial charge in [0.2, 0.25) is 0 Å². The van der Waals surface area contributed by atoms with Crippen molar-refractivity contribution in [3.05, 3.63) is 22.3 Å². The molecule has 0 fully saturated rings. The Morgan fingerprint density at radius 3 is 3.15 bits per heavy atom. The second-order valence-electron chi connectivity index (χ2n) is 3.01. The Bertz CT molecular complexity index is 471. The molecule has 2 heterocycles. The smallest absolute Gasteiger partial charge is 0.337 e. The van der Waals surface area contributed by atoms with Gasteiger partial charge in [-0.15, -0.1) is 0 Å². The molecule has 0 atom stereocenters. The van der Waals surface area contributed by atoms with Crippen molar-refractivity contribution >= 4 is 18.2 Å². The van der Waals surface area contributed by atoms with Crippen LogP contribution in [0.25, 0.3) is 12.3 Å². The highest BCUT2D eigenvalue weighted by Crippen LogP contribution is 1.89. The minimum absolute atomic E-state index is 0.371. The molecule has 0 bridgehead atoms. The second kappa shape index (κ2) is 2.65. The summed E-state index contributed by atoms with van der Waals surface area (Å²) in [7, 11) is 1.84. The van der Waals surface area contributed by atoms with Crippen LogP contribution in [-0.4, -0.2) is 22.2 Å². The van der Waals surface area contributed by atoms with Crippen molar-refractivity contribution in [3.63, 3.8) is 0 Å². The lowest BCUT2D eigenvalue weighted by molar-refractivity contribution is 0.0695. The van der Waals surface area contributed by atoms with Gasteiger partial charge in [-0.25, -0.2) is 4.79 Å². The summed E-state index contributed by atoms with van der Waals surface area (Å²) >= 11 is 0. The minimum atomic E-state index is -0.872. The van der Waals surface area contributed by atoms with Crippen LogP contribution in [-0.2, 0) is 7.05 Å². The van der Waals surface area contributed by atoms with Crippen LogP contribution in [0.3, 0.4) is 0 Å². The lowest BCUT2D eigenvalue weighted by atomic mass is 10.2. The van der Waals surface area contributed by atoms with Crippen LogP contribution in [0.15, 0.2) is 6.20 Å². The molecular weight excluding hydrogens is 168 g/mol. The van der Waals surface area contributed by atoms with Gasteiger partial charge in [-0.05, 0) is 0 Å². The van der Waals surface area contributed by atoms with Crippen LogP contribution < -0.4 is 15.9 Å². The molecule has 13 heavy (non-hydrogen) atoms. The number of nitrogens with zero attached hydrogens (tertiary/aromatic N) is 1. The van der Waals surface area contributed by atoms with Crippen molar-refractivity contribution in [1.82, 2.24) is 9.88 Å². The third-order valence-corrected chi connectivity index (χ3v) is 2.16. The molecule has 0 amide bonds. The molecule has 0 radical (unpaired) electrons. The minimum Gasteiger partial charge on any atom is -0.478 e. The average Bonchev–Trinajstić information content (AvgIpc) is 2.45. The molecule has 0 saturated heterocycles. The number of aryl methyl sites for hydroxylation is 1. The predicted molar refractivity (Wildman–Crippen MR) is 48.6 cm³/mol. The summed E-state index contributed by atoms with van der Waals surface area (Å²) < 4.78 is 1.81. The summed E-state index contributed by atoms with van der Waals surface area (Å²) in [5, 5.41) is 13.7. The number of carbonyl (C=O) groups is 1. The number of rotatable bonds is 1. The molecule has 2 rings (SSSR count). The number of hydrogen-bond donors (Lipinski definition) is 2. The van der Waals surface area contributed by atoms with E-state index in [0.717, 1.165) is 10.6 Å². The Morgan fingerprint density at radius 1 is 1.69 bits per heavy atom. The second-order valence-corrected chi connectivity index (χ2v) is 3.01. The molecule has 0 unspecified atom stereocenters. The van der Waals surface area contributed by atoms with Gasteiger partial charge in [0, 0.05) is 31.2 Å². The van der Waals surface area contributed by atoms with Crippen LogP contribution in [0.1, 0.15) is 10.4 Å². The molecule has 1 aromatic heterocycles. The van der Waals surface area contributed by atoms with E-state index < -0.39 is 5.97 Å². The van der Waals surface area contributed by atoms with Crippen LogP contribution >= 0.6 is 0 Å². The van der Waals surface area contributed by atoms with E-state index in [1.165, 1.54) is 0 Å². The van der Waals surface area contributed by atoms with Crippen molar-refractivity contribution in [2.45, 2.75) is 0 Å². The summed E-state index contributed by atoms with van der Waals surface area (Å²) in [6.07, 6.45) is 5.35. The molecule has 4 nitrogen and oxygen atoms in total. The molecule has 1 aliphatic rings. The van der Waals surface area contributed by atoms with Crippen molar-refractivity contribution < 1.29 is 9.90 Å². The number of hydrogen-bond acceptors (Lipinski definition) is 2. The Labute approximate surface area is 74.8 Å². The molecule has 0 spiro atoms. The first kappa shape index (κ1) is 7.91. The molecule has 0 saturated carbocycles. The Kier molecular flexibility index (Phi) is 1.62. The van der Waals surface area contributed by atoms with Gasteiger partial charge in [0.15, 0.2) is 0 Å². The molecule has 0 aliphatic carbocycles. The standard InChI is InChI=1S/C9H10N2O2/c1-11-5-7(9(12)13)6-2-3-10-4-8(6)11/h2,4-5,10H,3H2,1H3,(H,12,13). The fourth-order valence-corrected chi connectivity index (χ4v) is 1.54. The van der Waals surface area contributed by atoms with Crippen LogP contribution in [0.2, 0.25) is 0 Å². The number of carboxylic acids is 1. The predicted octanol–water partition coefficient (Wildman–Crippen LogP) is -1.15. The zero-order chi connectivity index (χ0) is 9.42. The molecule has 1 aliphatic heterocycles. The van der Waals surface area contributed by atoms with Gasteiger partial charge in [-0.1, -0.05) is 6.08 Å². The third kappa shape index (κ3) is 1.11. The van der Waals surface area contributed by atoms with E-state index in [1.54, 1.807) is 10.8 Å². The number of aromatic nitrogens is 1. The van der Waals surface area contributed by atoms with E-state index in [4.69, 9.17) is 5.11 Å². The molecule has 2 N–H and O–H groups in total. The van der Waals surface area contributed by atoms with E-state index >= 15 is 0 Å². The normalized spacial score (nSPS) is 13.6. The first-order valence-electron chi connectivity index (χ1n) is 4.02. The van der Waals surface area contributed by atoms with Gasteiger partial charge in [-0.3, -0.25) is 0 Å². The highest BCUT2D eigenvalue weighted by molar-refractivity contribution is 5.88. The maximum atomic E-state index is 10.8. The number of aromatic carboxylic acids is 1. The molecular formula is C9H10N2O2. The fourth-order valence-electron chi connectivity index (χ4n) is 1.54. The molecule has 1 aromatic rings. The zero-order valence-corrected chi connectivity index (χ0v) is 7.24. The van der Waals surface area contributed by atoms with Crippen molar-refractivity contribution in [3.8, 4) is 0 Å². The van der Waals surface area contributed by atoms with Crippen LogP contribution in [0.5, 0.6) is 0 Å². The largest absolute Gasteiger partial charge is 0.478 e. The van der Waals surface area contributed by atoms with Gasteiger partial charge in [-0.2, -0.15) is 0 Å². The monoisotopic (exact) mass is 178 g/mol. The van der Waals surface area contributed by atoms with Gasteiger partial charge < -0.3 is 15.0 Å². The summed E-state index contributed by atoms with van der Waals surface area (Å²) in [6.45, 7) is 0.692. The van der Waals surface area contributed by atoms with Crippen molar-refractivity contribution in [1.29, 1.82) is 0 Å². The summed E-state index contributed by atoms with van der Waals surface area (Å²) in [5.74, 6) is -0.872. The first-order chi connectivity index (χ1) is 6.20. The Morgan fingerprint density at radius 2 is 2.46 bits per heavy atom. The number of carboxylic acid groups (broad SMARTS) is 1. The highest BCUT2D eigenvalue weighted by Gasteiger charge is 2.10.